The Morgan fingerprint density at radius 1 is 1.21 bits per heavy atom. The third-order valence-electron chi connectivity index (χ3n) is 7.04. The first-order valence-electron chi connectivity index (χ1n) is 13.4. The lowest BCUT2D eigenvalue weighted by Crippen LogP contribution is -2.52. The summed E-state index contributed by atoms with van der Waals surface area (Å²) in [6, 6.07) is 11.5. The van der Waals surface area contributed by atoms with E-state index in [0.717, 1.165) is 10.6 Å². The van der Waals surface area contributed by atoms with Crippen LogP contribution in [0, 0.1) is 17.1 Å². The summed E-state index contributed by atoms with van der Waals surface area (Å²) in [5.41, 5.74) is 1.52. The minimum Gasteiger partial charge on any atom is -0.486 e. The number of aliphatic hydroxyl groups is 2. The van der Waals surface area contributed by atoms with E-state index in [9.17, 15) is 23.9 Å². The molecular weight excluding hydrogens is 552 g/mol. The Morgan fingerprint density at radius 2 is 2.02 bits per heavy atom. The smallest absolute Gasteiger partial charge is 0.253 e. The standard InChI is InChI=1S/C28H29F2N7O5/c29-20-12-19(36-7-9-41-10-8-36)2-3-22(20)34-28-33-16-32-26(35-28)17-1-4-24(18(11-17)13-31)42-25-5-6-37(14-21(25)30)27(40)23(39)15-38/h1-4,11-12,16,21,23,25,38-39H,5-10,14-15H2,(H,32,33,34,35)/t21-,23+,25?/m1/s1. The van der Waals surface area contributed by atoms with Crippen molar-refractivity contribution in [3.05, 3.63) is 54.1 Å². The minimum absolute atomic E-state index is 0.102. The maximum atomic E-state index is 14.9. The summed E-state index contributed by atoms with van der Waals surface area (Å²) in [6.07, 6.45) is -2.70. The van der Waals surface area contributed by atoms with Crippen molar-refractivity contribution in [2.75, 3.05) is 56.2 Å². The van der Waals surface area contributed by atoms with Gasteiger partial charge in [-0.05, 0) is 36.4 Å². The lowest BCUT2D eigenvalue weighted by atomic mass is 10.0. The van der Waals surface area contributed by atoms with Crippen molar-refractivity contribution in [2.45, 2.75) is 24.8 Å². The zero-order valence-electron chi connectivity index (χ0n) is 22.5. The van der Waals surface area contributed by atoms with Crippen molar-refractivity contribution in [3.63, 3.8) is 0 Å². The van der Waals surface area contributed by atoms with E-state index in [2.05, 4.69) is 20.3 Å². The summed E-state index contributed by atoms with van der Waals surface area (Å²) in [6.45, 7) is 1.61. The van der Waals surface area contributed by atoms with E-state index in [0.29, 0.717) is 31.9 Å². The molecule has 2 fully saturated rings. The second-order valence-corrected chi connectivity index (χ2v) is 9.79. The fraction of sp³-hybridized carbons (Fsp3) is 0.393. The van der Waals surface area contributed by atoms with Gasteiger partial charge in [-0.3, -0.25) is 4.79 Å². The van der Waals surface area contributed by atoms with Crippen molar-refractivity contribution in [1.82, 2.24) is 19.9 Å². The molecule has 1 aromatic heterocycles. The van der Waals surface area contributed by atoms with Gasteiger partial charge in [0, 0.05) is 37.3 Å². The summed E-state index contributed by atoms with van der Waals surface area (Å²) in [5, 5.41) is 31.1. The van der Waals surface area contributed by atoms with Crippen LogP contribution < -0.4 is 15.0 Å². The van der Waals surface area contributed by atoms with Crippen LogP contribution in [0.4, 0.5) is 26.1 Å². The average Bonchev–Trinajstić information content (AvgIpc) is 3.03. The van der Waals surface area contributed by atoms with Gasteiger partial charge in [-0.25, -0.2) is 18.7 Å². The fourth-order valence-corrected chi connectivity index (χ4v) is 4.77. The number of alkyl halides is 1. The highest BCUT2D eigenvalue weighted by atomic mass is 19.1. The topological polar surface area (TPSA) is 157 Å². The summed E-state index contributed by atoms with van der Waals surface area (Å²) >= 11 is 0. The van der Waals surface area contributed by atoms with E-state index in [4.69, 9.17) is 14.6 Å². The first-order chi connectivity index (χ1) is 20.4. The molecule has 3 aromatic rings. The van der Waals surface area contributed by atoms with Gasteiger partial charge in [0.25, 0.3) is 5.91 Å². The van der Waals surface area contributed by atoms with Gasteiger partial charge in [-0.2, -0.15) is 10.2 Å². The summed E-state index contributed by atoms with van der Waals surface area (Å²) in [5.74, 6) is -0.748. The molecule has 0 saturated carbocycles. The normalized spacial score (nSPS) is 19.6. The molecule has 1 unspecified atom stereocenters. The number of aliphatic hydroxyl groups excluding tert-OH is 2. The molecule has 12 nitrogen and oxygen atoms in total. The number of halogens is 2. The number of likely N-dealkylation sites (tertiary alicyclic amines) is 1. The number of nitriles is 1. The molecule has 0 radical (unpaired) electrons. The van der Waals surface area contributed by atoms with E-state index >= 15 is 0 Å². The molecule has 0 spiro atoms. The van der Waals surface area contributed by atoms with Crippen molar-refractivity contribution >= 4 is 23.2 Å². The second-order valence-electron chi connectivity index (χ2n) is 9.79. The predicted molar refractivity (Wildman–Crippen MR) is 146 cm³/mol. The maximum Gasteiger partial charge on any atom is 0.253 e. The Hall–Kier alpha value is -4.45. The molecular formula is C28H29F2N7O5. The van der Waals surface area contributed by atoms with Crippen molar-refractivity contribution < 1.29 is 33.3 Å². The largest absolute Gasteiger partial charge is 0.486 e. The SMILES string of the molecule is N#Cc1cc(-c2ncnc(Nc3ccc(N4CCOCC4)cc3F)n2)ccc1OC1CCN(C(=O)[C@@H](O)CO)C[C@H]1F. The van der Waals surface area contributed by atoms with Gasteiger partial charge in [-0.15, -0.1) is 0 Å². The van der Waals surface area contributed by atoms with Crippen LogP contribution in [0.1, 0.15) is 12.0 Å². The molecule has 3 heterocycles. The Labute approximate surface area is 240 Å². The first kappa shape index (κ1) is 29.1. The Balaban J connectivity index is 1.26. The van der Waals surface area contributed by atoms with Gasteiger partial charge >= 0.3 is 0 Å². The fourth-order valence-electron chi connectivity index (χ4n) is 4.77. The zero-order chi connectivity index (χ0) is 29.6. The van der Waals surface area contributed by atoms with E-state index in [1.54, 1.807) is 18.2 Å². The number of amides is 1. The number of carbonyl (C=O) groups is 1. The van der Waals surface area contributed by atoms with Crippen LogP contribution >= 0.6 is 0 Å². The van der Waals surface area contributed by atoms with Gasteiger partial charge in [0.15, 0.2) is 18.1 Å². The molecule has 3 N–H and O–H groups in total. The van der Waals surface area contributed by atoms with Crippen molar-refractivity contribution in [2.24, 2.45) is 0 Å². The maximum absolute atomic E-state index is 14.9. The lowest BCUT2D eigenvalue weighted by molar-refractivity contribution is -0.146. The number of piperidine rings is 1. The highest BCUT2D eigenvalue weighted by Crippen LogP contribution is 2.29. The van der Waals surface area contributed by atoms with E-state index in [1.165, 1.54) is 24.5 Å². The number of hydrogen-bond donors (Lipinski definition) is 3. The van der Waals surface area contributed by atoms with Crippen LogP contribution in [0.2, 0.25) is 0 Å². The minimum atomic E-state index is -1.60. The number of morpholine rings is 1. The van der Waals surface area contributed by atoms with Gasteiger partial charge < -0.3 is 34.8 Å². The number of nitrogens with zero attached hydrogens (tertiary/aromatic N) is 6. The molecule has 2 aliphatic heterocycles. The zero-order valence-corrected chi connectivity index (χ0v) is 22.5. The average molecular weight is 582 g/mol. The van der Waals surface area contributed by atoms with Gasteiger partial charge in [0.1, 0.15) is 30.1 Å². The van der Waals surface area contributed by atoms with Crippen LogP contribution in [0.5, 0.6) is 5.75 Å². The molecule has 0 aliphatic carbocycles. The van der Waals surface area contributed by atoms with Crippen molar-refractivity contribution in [3.8, 4) is 23.2 Å². The highest BCUT2D eigenvalue weighted by Gasteiger charge is 2.35. The molecule has 0 bridgehead atoms. The van der Waals surface area contributed by atoms with Crippen molar-refractivity contribution in [1.29, 1.82) is 5.26 Å². The van der Waals surface area contributed by atoms with Crippen LogP contribution in [0.15, 0.2) is 42.7 Å². The monoisotopic (exact) mass is 581 g/mol. The summed E-state index contributed by atoms with van der Waals surface area (Å²) in [7, 11) is 0. The van der Waals surface area contributed by atoms with E-state index in [1.807, 2.05) is 11.0 Å². The molecule has 220 valence electrons. The van der Waals surface area contributed by atoms with Gasteiger partial charge in [0.2, 0.25) is 5.95 Å². The van der Waals surface area contributed by atoms with Crippen LogP contribution in [0.3, 0.4) is 0 Å². The first-order valence-corrected chi connectivity index (χ1v) is 13.4. The second kappa shape index (κ2) is 13.0. The Bertz CT molecular complexity index is 1470. The quantitative estimate of drug-likeness (QED) is 0.356. The number of hydrogen-bond acceptors (Lipinski definition) is 11. The van der Waals surface area contributed by atoms with E-state index in [-0.39, 0.29) is 48.3 Å². The summed E-state index contributed by atoms with van der Waals surface area (Å²) < 4.78 is 40.9. The molecule has 3 atom stereocenters. The third kappa shape index (κ3) is 6.54. The molecule has 1 amide bonds. The number of anilines is 3. The molecule has 5 rings (SSSR count). The van der Waals surface area contributed by atoms with Gasteiger partial charge in [-0.1, -0.05) is 0 Å². The third-order valence-corrected chi connectivity index (χ3v) is 7.04. The predicted octanol–water partition coefficient (Wildman–Crippen LogP) is 1.80. The van der Waals surface area contributed by atoms with E-state index < -0.39 is 36.7 Å². The molecule has 42 heavy (non-hydrogen) atoms. The lowest BCUT2D eigenvalue weighted by Gasteiger charge is -2.35. The molecule has 2 aromatic carbocycles. The number of nitrogens with one attached hydrogen (secondary N) is 1. The number of ether oxygens (including phenoxy) is 2. The van der Waals surface area contributed by atoms with Crippen LogP contribution in [-0.2, 0) is 9.53 Å². The molecule has 2 aliphatic rings. The molecule has 14 heteroatoms. The highest BCUT2D eigenvalue weighted by molar-refractivity contribution is 5.81. The van der Waals surface area contributed by atoms with Gasteiger partial charge in [0.05, 0.1) is 37.6 Å². The Morgan fingerprint density at radius 3 is 2.74 bits per heavy atom. The number of aromatic nitrogens is 3. The summed E-state index contributed by atoms with van der Waals surface area (Å²) in [4.78, 5) is 27.8. The molecule has 2 saturated heterocycles. The number of benzene rings is 2. The van der Waals surface area contributed by atoms with Crippen LogP contribution in [-0.4, -0.2) is 100 Å². The Kier molecular flexibility index (Phi) is 9.01. The number of carbonyl (C=O) groups excluding carboxylic acids is 1. The van der Waals surface area contributed by atoms with Crippen LogP contribution in [0.25, 0.3) is 11.4 Å². The number of rotatable bonds is 8.